The van der Waals surface area contributed by atoms with Crippen LogP contribution >= 0.6 is 0 Å². The van der Waals surface area contributed by atoms with Gasteiger partial charge in [0.1, 0.15) is 5.82 Å². The Morgan fingerprint density at radius 1 is 1.39 bits per heavy atom. The lowest BCUT2D eigenvalue weighted by Crippen LogP contribution is -2.43. The number of benzene rings is 1. The van der Waals surface area contributed by atoms with Gasteiger partial charge in [0.2, 0.25) is 5.91 Å². The van der Waals surface area contributed by atoms with E-state index in [0.717, 1.165) is 0 Å². The topological polar surface area (TPSA) is 47.6 Å². The van der Waals surface area contributed by atoms with Crippen LogP contribution in [-0.4, -0.2) is 32.5 Å². The number of carbonyl (C=O) groups excluding carboxylic acids is 1. The first-order chi connectivity index (χ1) is 8.56. The maximum atomic E-state index is 12.9. The zero-order valence-electron chi connectivity index (χ0n) is 10.8. The first-order valence-electron chi connectivity index (χ1n) is 5.66. The van der Waals surface area contributed by atoms with Crippen LogP contribution in [0.4, 0.5) is 4.39 Å². The summed E-state index contributed by atoms with van der Waals surface area (Å²) < 4.78 is 23.0. The Hall–Kier alpha value is -1.46. The molecule has 0 radical (unpaired) electrons. The normalized spacial score (nSPS) is 12.5. The molecule has 0 spiro atoms. The fourth-order valence-electron chi connectivity index (χ4n) is 1.71. The fraction of sp³-hybridized carbons (Fsp3) is 0.462. The lowest BCUT2D eigenvalue weighted by atomic mass is 10.1. The van der Waals surface area contributed by atoms with Gasteiger partial charge in [-0.2, -0.15) is 0 Å². The molecule has 0 saturated heterocycles. The van der Waals surface area contributed by atoms with Crippen LogP contribution in [0.5, 0.6) is 0 Å². The third kappa shape index (κ3) is 4.43. The molecular formula is C13H18FNO3. The highest BCUT2D eigenvalue weighted by atomic mass is 19.1. The van der Waals surface area contributed by atoms with Crippen LogP contribution in [0.2, 0.25) is 0 Å². The third-order valence-corrected chi connectivity index (χ3v) is 2.52. The van der Waals surface area contributed by atoms with Crippen molar-refractivity contribution in [2.45, 2.75) is 25.7 Å². The number of methoxy groups -OCH3 is 2. The highest BCUT2D eigenvalue weighted by molar-refractivity contribution is 5.78. The second kappa shape index (κ2) is 7.08. The van der Waals surface area contributed by atoms with E-state index in [1.807, 2.05) is 0 Å². The van der Waals surface area contributed by atoms with Gasteiger partial charge < -0.3 is 14.8 Å². The highest BCUT2D eigenvalue weighted by Crippen LogP contribution is 2.05. The van der Waals surface area contributed by atoms with Crippen LogP contribution in [0.25, 0.3) is 0 Å². The molecule has 4 nitrogen and oxygen atoms in total. The first kappa shape index (κ1) is 14.6. The summed E-state index contributed by atoms with van der Waals surface area (Å²) in [6, 6.07) is 5.69. The zero-order chi connectivity index (χ0) is 13.5. The van der Waals surface area contributed by atoms with Gasteiger partial charge >= 0.3 is 0 Å². The number of halogens is 1. The summed E-state index contributed by atoms with van der Waals surface area (Å²) in [5.74, 6) is -0.549. The highest BCUT2D eigenvalue weighted by Gasteiger charge is 2.17. The van der Waals surface area contributed by atoms with E-state index in [0.29, 0.717) is 5.56 Å². The Balaban J connectivity index is 2.51. The Kier molecular flexibility index (Phi) is 5.74. The van der Waals surface area contributed by atoms with Crippen molar-refractivity contribution >= 4 is 5.91 Å². The van der Waals surface area contributed by atoms with Crippen molar-refractivity contribution < 1.29 is 18.7 Å². The Morgan fingerprint density at radius 3 is 2.61 bits per heavy atom. The zero-order valence-corrected chi connectivity index (χ0v) is 10.8. The third-order valence-electron chi connectivity index (χ3n) is 2.52. The maximum absolute atomic E-state index is 12.9. The van der Waals surface area contributed by atoms with E-state index in [9.17, 15) is 9.18 Å². The second-order valence-electron chi connectivity index (χ2n) is 4.00. The van der Waals surface area contributed by atoms with Crippen LogP contribution in [0, 0.1) is 5.82 Å². The minimum absolute atomic E-state index is 0.127. The van der Waals surface area contributed by atoms with Crippen molar-refractivity contribution in [2.75, 3.05) is 14.2 Å². The van der Waals surface area contributed by atoms with E-state index in [-0.39, 0.29) is 24.2 Å². The van der Waals surface area contributed by atoms with Gasteiger partial charge in [0.15, 0.2) is 6.29 Å². The number of nitrogens with one attached hydrogen (secondary N) is 1. The van der Waals surface area contributed by atoms with Gasteiger partial charge in [0.05, 0.1) is 12.5 Å². The summed E-state index contributed by atoms with van der Waals surface area (Å²) in [5, 5.41) is 2.74. The van der Waals surface area contributed by atoms with E-state index < -0.39 is 6.29 Å². The molecule has 0 aliphatic carbocycles. The van der Waals surface area contributed by atoms with E-state index in [2.05, 4.69) is 5.32 Å². The van der Waals surface area contributed by atoms with E-state index >= 15 is 0 Å². The lowest BCUT2D eigenvalue weighted by molar-refractivity contribution is -0.135. The van der Waals surface area contributed by atoms with Crippen molar-refractivity contribution in [1.29, 1.82) is 0 Å². The number of carbonyl (C=O) groups is 1. The van der Waals surface area contributed by atoms with Crippen molar-refractivity contribution in [3.8, 4) is 0 Å². The molecule has 5 heteroatoms. The maximum Gasteiger partial charge on any atom is 0.224 e. The summed E-state index contributed by atoms with van der Waals surface area (Å²) in [6.45, 7) is 1.78. The molecule has 0 fully saturated rings. The Labute approximate surface area is 106 Å². The average Bonchev–Trinajstić information content (AvgIpc) is 2.30. The van der Waals surface area contributed by atoms with E-state index in [4.69, 9.17) is 9.47 Å². The molecule has 0 bridgehead atoms. The molecule has 0 heterocycles. The molecular weight excluding hydrogens is 237 g/mol. The molecule has 100 valence electrons. The Bertz CT molecular complexity index is 394. The standard InChI is InChI=1S/C13H18FNO3/c1-9(13(17-2)18-3)15-12(16)8-10-5-4-6-11(14)7-10/h4-7,9,13H,8H2,1-3H3,(H,15,16). The number of ether oxygens (including phenoxy) is 2. The molecule has 0 saturated carbocycles. The average molecular weight is 255 g/mol. The van der Waals surface area contributed by atoms with Crippen molar-refractivity contribution in [3.05, 3.63) is 35.6 Å². The molecule has 0 aliphatic rings. The smallest absolute Gasteiger partial charge is 0.224 e. The van der Waals surface area contributed by atoms with Crippen molar-refractivity contribution in [1.82, 2.24) is 5.32 Å². The van der Waals surface area contributed by atoms with Crippen molar-refractivity contribution in [3.63, 3.8) is 0 Å². The summed E-state index contributed by atoms with van der Waals surface area (Å²) >= 11 is 0. The predicted molar refractivity (Wildman–Crippen MR) is 65.5 cm³/mol. The molecule has 1 N–H and O–H groups in total. The summed E-state index contributed by atoms with van der Waals surface area (Å²) in [7, 11) is 3.01. The van der Waals surface area contributed by atoms with Gasteiger partial charge in [-0.25, -0.2) is 4.39 Å². The minimum Gasteiger partial charge on any atom is -0.354 e. The van der Waals surface area contributed by atoms with E-state index in [1.54, 1.807) is 19.1 Å². The molecule has 0 aromatic heterocycles. The monoisotopic (exact) mass is 255 g/mol. The number of amides is 1. The van der Waals surface area contributed by atoms with Gasteiger partial charge in [-0.1, -0.05) is 12.1 Å². The molecule has 1 rings (SSSR count). The molecule has 0 aliphatic heterocycles. The van der Waals surface area contributed by atoms with Crippen LogP contribution in [0.15, 0.2) is 24.3 Å². The van der Waals surface area contributed by atoms with Crippen LogP contribution < -0.4 is 5.32 Å². The summed E-state index contributed by atoms with van der Waals surface area (Å²) in [4.78, 5) is 11.7. The predicted octanol–water partition coefficient (Wildman–Crippen LogP) is 1.49. The molecule has 1 amide bonds. The molecule has 1 atom stereocenters. The molecule has 1 aromatic rings. The number of rotatable bonds is 6. The SMILES string of the molecule is COC(OC)C(C)NC(=O)Cc1cccc(F)c1. The number of hydrogen-bond donors (Lipinski definition) is 1. The van der Waals surface area contributed by atoms with Crippen LogP contribution in [-0.2, 0) is 20.7 Å². The van der Waals surface area contributed by atoms with Gasteiger partial charge in [-0.15, -0.1) is 0 Å². The van der Waals surface area contributed by atoms with Crippen LogP contribution in [0.1, 0.15) is 12.5 Å². The minimum atomic E-state index is -0.499. The summed E-state index contributed by atoms with van der Waals surface area (Å²) in [6.07, 6.45) is -0.371. The van der Waals surface area contributed by atoms with Gasteiger partial charge in [0, 0.05) is 14.2 Å². The molecule has 18 heavy (non-hydrogen) atoms. The quantitative estimate of drug-likeness (QED) is 0.783. The lowest BCUT2D eigenvalue weighted by Gasteiger charge is -2.22. The second-order valence-corrected chi connectivity index (χ2v) is 4.00. The molecule has 1 unspecified atom stereocenters. The Morgan fingerprint density at radius 2 is 2.06 bits per heavy atom. The molecule has 1 aromatic carbocycles. The van der Waals surface area contributed by atoms with Crippen molar-refractivity contribution in [2.24, 2.45) is 0 Å². The largest absolute Gasteiger partial charge is 0.354 e. The van der Waals surface area contributed by atoms with E-state index in [1.165, 1.54) is 26.4 Å². The van der Waals surface area contributed by atoms with Crippen LogP contribution in [0.3, 0.4) is 0 Å². The number of hydrogen-bond acceptors (Lipinski definition) is 3. The fourth-order valence-corrected chi connectivity index (χ4v) is 1.71. The van der Waals surface area contributed by atoms with Gasteiger partial charge in [-0.05, 0) is 24.6 Å². The van der Waals surface area contributed by atoms with Gasteiger partial charge in [-0.3, -0.25) is 4.79 Å². The summed E-state index contributed by atoms with van der Waals surface area (Å²) in [5.41, 5.74) is 0.631. The first-order valence-corrected chi connectivity index (χ1v) is 5.66. The van der Waals surface area contributed by atoms with Gasteiger partial charge in [0.25, 0.3) is 0 Å².